The fourth-order valence-electron chi connectivity index (χ4n) is 5.85. The number of hydrogen-bond donors (Lipinski definition) is 2. The number of nitrogens with one attached hydrogen (secondary N) is 1. The number of hydrogen-bond acceptors (Lipinski definition) is 8. The summed E-state index contributed by atoms with van der Waals surface area (Å²) in [5, 5.41) is 14.1. The Morgan fingerprint density at radius 2 is 1.40 bits per heavy atom. The lowest BCUT2D eigenvalue weighted by Crippen LogP contribution is -2.59. The highest BCUT2D eigenvalue weighted by molar-refractivity contribution is 6.74. The van der Waals surface area contributed by atoms with E-state index in [9.17, 15) is 14.7 Å². The van der Waals surface area contributed by atoms with E-state index in [-0.39, 0.29) is 30.5 Å². The van der Waals surface area contributed by atoms with Crippen LogP contribution in [0, 0.1) is 0 Å². The first-order chi connectivity index (χ1) is 22.3. The van der Waals surface area contributed by atoms with Crippen LogP contribution in [-0.4, -0.2) is 82.2 Å². The van der Waals surface area contributed by atoms with Crippen molar-refractivity contribution in [3.05, 3.63) is 95.6 Å². The van der Waals surface area contributed by atoms with Crippen molar-refractivity contribution in [1.29, 1.82) is 0 Å². The van der Waals surface area contributed by atoms with E-state index in [2.05, 4.69) is 39.2 Å². The number of aliphatic hydroxyl groups excluding tert-OH is 1. The molecule has 10 nitrogen and oxygen atoms in total. The van der Waals surface area contributed by atoms with E-state index in [4.69, 9.17) is 23.4 Å². The van der Waals surface area contributed by atoms with Gasteiger partial charge in [-0.1, -0.05) is 75.4 Å². The molecular formula is C36H46N2O8Si. The van der Waals surface area contributed by atoms with Crippen LogP contribution in [-0.2, 0) is 24.3 Å². The van der Waals surface area contributed by atoms with Crippen LogP contribution in [0.2, 0.25) is 18.1 Å². The molecule has 3 aromatic rings. The van der Waals surface area contributed by atoms with E-state index in [1.165, 1.54) is 4.90 Å². The largest absolute Gasteiger partial charge is 0.497 e. The first-order valence-electron chi connectivity index (χ1n) is 15.9. The second-order valence-corrected chi connectivity index (χ2v) is 18.3. The van der Waals surface area contributed by atoms with E-state index in [0.717, 1.165) is 16.7 Å². The zero-order valence-corrected chi connectivity index (χ0v) is 29.2. The van der Waals surface area contributed by atoms with E-state index in [1.54, 1.807) is 14.2 Å². The molecule has 4 atom stereocenters. The molecular weight excluding hydrogens is 616 g/mol. The third kappa shape index (κ3) is 6.95. The van der Waals surface area contributed by atoms with Crippen molar-refractivity contribution < 1.29 is 38.1 Å². The number of urea groups is 1. The summed E-state index contributed by atoms with van der Waals surface area (Å²) in [5.74, 6) is 1.05. The molecule has 2 aliphatic rings. The predicted octanol–water partition coefficient (Wildman–Crippen LogP) is 5.43. The van der Waals surface area contributed by atoms with Crippen LogP contribution in [0.15, 0.2) is 78.9 Å². The fraction of sp³-hybridized carbons (Fsp3) is 0.444. The molecule has 252 valence electrons. The molecule has 0 radical (unpaired) electrons. The molecule has 47 heavy (non-hydrogen) atoms. The van der Waals surface area contributed by atoms with Gasteiger partial charge < -0.3 is 28.5 Å². The number of carbonyl (C=O) groups is 2. The van der Waals surface area contributed by atoms with Crippen molar-refractivity contribution >= 4 is 20.3 Å². The Hall–Kier alpha value is -3.74. The Morgan fingerprint density at radius 1 is 0.872 bits per heavy atom. The van der Waals surface area contributed by atoms with Crippen LogP contribution >= 0.6 is 0 Å². The van der Waals surface area contributed by atoms with Gasteiger partial charge in [0.05, 0.1) is 20.8 Å². The maximum absolute atomic E-state index is 13.0. The molecule has 0 spiro atoms. The topological polar surface area (TPSA) is 116 Å². The Morgan fingerprint density at radius 3 is 1.89 bits per heavy atom. The number of amides is 3. The first-order valence-corrected chi connectivity index (χ1v) is 18.8. The lowest BCUT2D eigenvalue weighted by molar-refractivity contribution is -0.127. The summed E-state index contributed by atoms with van der Waals surface area (Å²) in [7, 11) is 0.793. The van der Waals surface area contributed by atoms with Crippen molar-refractivity contribution in [2.45, 2.75) is 75.5 Å². The Bertz CT molecular complexity index is 1480. The van der Waals surface area contributed by atoms with Gasteiger partial charge in [0, 0.05) is 13.0 Å². The molecule has 2 heterocycles. The van der Waals surface area contributed by atoms with Crippen molar-refractivity contribution in [3.8, 4) is 11.5 Å². The van der Waals surface area contributed by atoms with Gasteiger partial charge in [-0.25, -0.2) is 4.79 Å². The summed E-state index contributed by atoms with van der Waals surface area (Å²) in [6.07, 6.45) is -3.63. The highest BCUT2D eigenvalue weighted by Crippen LogP contribution is 2.44. The molecule has 2 fully saturated rings. The molecule has 0 bridgehead atoms. The summed E-state index contributed by atoms with van der Waals surface area (Å²) in [6.45, 7) is 10.6. The molecule has 2 saturated heterocycles. The monoisotopic (exact) mass is 662 g/mol. The fourth-order valence-corrected chi connectivity index (χ4v) is 7.14. The summed E-state index contributed by atoms with van der Waals surface area (Å²) >= 11 is 0. The SMILES string of the molecule is COc1ccc(C(OCC2OC(N3CCC(=O)NC3=O)C(O[Si](C)(C)C(C)(C)C)C2O)(c2ccccc2)c2ccc(OC)cc2)cc1. The van der Waals surface area contributed by atoms with Crippen LogP contribution < -0.4 is 14.8 Å². The van der Waals surface area contributed by atoms with Crippen molar-refractivity contribution in [1.82, 2.24) is 10.2 Å². The minimum Gasteiger partial charge on any atom is -0.497 e. The number of nitrogens with zero attached hydrogens (tertiary/aromatic N) is 1. The third-order valence-electron chi connectivity index (χ3n) is 9.58. The van der Waals surface area contributed by atoms with E-state index >= 15 is 0 Å². The summed E-state index contributed by atoms with van der Waals surface area (Å²) in [6, 6.07) is 24.7. The highest BCUT2D eigenvalue weighted by Gasteiger charge is 2.53. The third-order valence-corrected chi connectivity index (χ3v) is 14.1. The number of rotatable bonds is 11. The second-order valence-electron chi connectivity index (χ2n) is 13.5. The van der Waals surface area contributed by atoms with Gasteiger partial charge in [0.1, 0.15) is 35.4 Å². The summed E-state index contributed by atoms with van der Waals surface area (Å²) in [5.41, 5.74) is 1.40. The maximum Gasteiger partial charge on any atom is 0.326 e. The van der Waals surface area contributed by atoms with Crippen LogP contribution in [0.25, 0.3) is 0 Å². The van der Waals surface area contributed by atoms with Gasteiger partial charge in [-0.2, -0.15) is 0 Å². The standard InChI is InChI=1S/C36H46N2O8Si/c1-35(2,3)47(6,7)46-32-31(40)29(45-33(32)38-22-21-30(39)37-34(38)41)23-44-36(24-11-9-8-10-12-24,25-13-17-27(42-4)18-14-25)26-15-19-28(43-5)20-16-26/h8-20,29,31-33,40H,21-23H2,1-7H3,(H,37,39,41). The molecule has 3 amide bonds. The Balaban J connectivity index is 1.55. The van der Waals surface area contributed by atoms with Crippen molar-refractivity contribution in [2.24, 2.45) is 0 Å². The molecule has 0 aliphatic carbocycles. The highest BCUT2D eigenvalue weighted by atomic mass is 28.4. The van der Waals surface area contributed by atoms with Gasteiger partial charge in [0.25, 0.3) is 0 Å². The number of aliphatic hydroxyl groups is 1. The Kier molecular flexibility index (Phi) is 10.1. The van der Waals surface area contributed by atoms with E-state index in [1.807, 2.05) is 78.9 Å². The summed E-state index contributed by atoms with van der Waals surface area (Å²) < 4.78 is 31.2. The van der Waals surface area contributed by atoms with Crippen LogP contribution in [0.5, 0.6) is 11.5 Å². The zero-order valence-electron chi connectivity index (χ0n) is 28.2. The Labute approximate surface area is 278 Å². The van der Waals surface area contributed by atoms with E-state index < -0.39 is 44.5 Å². The second kappa shape index (κ2) is 13.8. The minimum absolute atomic E-state index is 0.0453. The molecule has 2 aliphatic heterocycles. The van der Waals surface area contributed by atoms with Crippen molar-refractivity contribution in [2.75, 3.05) is 27.4 Å². The lowest BCUT2D eigenvalue weighted by Gasteiger charge is -2.42. The average molecular weight is 663 g/mol. The smallest absolute Gasteiger partial charge is 0.326 e. The molecule has 11 heteroatoms. The van der Waals surface area contributed by atoms with Crippen LogP contribution in [0.1, 0.15) is 43.9 Å². The molecule has 3 aromatic carbocycles. The van der Waals surface area contributed by atoms with Crippen LogP contribution in [0.4, 0.5) is 4.79 Å². The maximum atomic E-state index is 13.0. The van der Waals surface area contributed by atoms with Gasteiger partial charge >= 0.3 is 6.03 Å². The lowest BCUT2D eigenvalue weighted by atomic mass is 9.80. The van der Waals surface area contributed by atoms with Gasteiger partial charge in [-0.15, -0.1) is 0 Å². The number of benzene rings is 3. The van der Waals surface area contributed by atoms with Gasteiger partial charge in [0.2, 0.25) is 5.91 Å². The number of ether oxygens (including phenoxy) is 4. The average Bonchev–Trinajstić information content (AvgIpc) is 3.35. The number of carbonyl (C=O) groups excluding carboxylic acids is 2. The molecule has 4 unspecified atom stereocenters. The first kappa shape index (κ1) is 34.6. The quantitative estimate of drug-likeness (QED) is 0.206. The van der Waals surface area contributed by atoms with Gasteiger partial charge in [-0.3, -0.25) is 15.0 Å². The van der Waals surface area contributed by atoms with Crippen molar-refractivity contribution in [3.63, 3.8) is 0 Å². The molecule has 2 N–H and O–H groups in total. The number of imide groups is 1. The zero-order chi connectivity index (χ0) is 34.0. The molecule has 0 aromatic heterocycles. The summed E-state index contributed by atoms with van der Waals surface area (Å²) in [4.78, 5) is 26.5. The molecule has 5 rings (SSSR count). The molecule has 0 saturated carbocycles. The van der Waals surface area contributed by atoms with E-state index in [0.29, 0.717) is 11.5 Å². The van der Waals surface area contributed by atoms with Gasteiger partial charge in [0.15, 0.2) is 14.5 Å². The van der Waals surface area contributed by atoms with Crippen LogP contribution in [0.3, 0.4) is 0 Å². The number of methoxy groups -OCH3 is 2. The van der Waals surface area contributed by atoms with Gasteiger partial charge in [-0.05, 0) is 59.1 Å². The minimum atomic E-state index is -2.45. The predicted molar refractivity (Wildman–Crippen MR) is 180 cm³/mol. The normalized spacial score (nSPS) is 22.3.